The van der Waals surface area contributed by atoms with Crippen molar-refractivity contribution in [1.82, 2.24) is 5.32 Å². The molecule has 0 saturated heterocycles. The number of nitrogens with zero attached hydrogens (tertiary/aromatic N) is 1. The van der Waals surface area contributed by atoms with Crippen LogP contribution >= 0.6 is 0 Å². The van der Waals surface area contributed by atoms with E-state index in [0.29, 0.717) is 0 Å². The van der Waals surface area contributed by atoms with E-state index in [2.05, 4.69) is 12.0 Å². The Balaban J connectivity index is 3.06. The highest BCUT2D eigenvalue weighted by atomic mass is 16.1. The van der Waals surface area contributed by atoms with E-state index in [1.165, 1.54) is 6.92 Å². The molecule has 0 bridgehead atoms. The third-order valence-electron chi connectivity index (χ3n) is 1.09. The van der Waals surface area contributed by atoms with E-state index in [4.69, 9.17) is 0 Å². The van der Waals surface area contributed by atoms with Crippen molar-refractivity contribution in [3.8, 4) is 0 Å². The standard InChI is InChI=1S/C7H14N2O/c1-7(10)8-5-4-6-9(2)3/h2,4-6H2,1,3H3/p+1. The lowest BCUT2D eigenvalue weighted by Crippen LogP contribution is -2.23. The van der Waals surface area contributed by atoms with Gasteiger partial charge >= 0.3 is 0 Å². The first-order valence-corrected chi connectivity index (χ1v) is 3.39. The van der Waals surface area contributed by atoms with Gasteiger partial charge in [0.25, 0.3) is 0 Å². The minimum Gasteiger partial charge on any atom is -0.356 e. The molecule has 0 saturated carbocycles. The summed E-state index contributed by atoms with van der Waals surface area (Å²) in [4.78, 5) is 10.3. The van der Waals surface area contributed by atoms with Crippen LogP contribution in [0.25, 0.3) is 0 Å². The zero-order chi connectivity index (χ0) is 7.98. The number of carbonyl (C=O) groups excluding carboxylic acids is 1. The highest BCUT2D eigenvalue weighted by Gasteiger charge is 1.93. The molecule has 0 fully saturated rings. The van der Waals surface area contributed by atoms with Crippen LogP contribution in [0.3, 0.4) is 0 Å². The van der Waals surface area contributed by atoms with Gasteiger partial charge in [-0.2, -0.15) is 0 Å². The van der Waals surface area contributed by atoms with E-state index < -0.39 is 0 Å². The Morgan fingerprint density at radius 1 is 1.70 bits per heavy atom. The topological polar surface area (TPSA) is 32.1 Å². The predicted molar refractivity (Wildman–Crippen MR) is 41.5 cm³/mol. The molecule has 0 aliphatic heterocycles. The fourth-order valence-electron chi connectivity index (χ4n) is 0.613. The van der Waals surface area contributed by atoms with Crippen LogP contribution in [0.1, 0.15) is 13.3 Å². The molecular weight excluding hydrogens is 128 g/mol. The highest BCUT2D eigenvalue weighted by molar-refractivity contribution is 5.72. The number of carbonyl (C=O) groups is 1. The molecule has 10 heavy (non-hydrogen) atoms. The van der Waals surface area contributed by atoms with Gasteiger partial charge in [-0.05, 0) is 0 Å². The predicted octanol–water partition coefficient (Wildman–Crippen LogP) is -0.144. The molecule has 0 atom stereocenters. The SMILES string of the molecule is C=[N+](C)CCCNC(C)=O. The number of amides is 1. The third-order valence-corrected chi connectivity index (χ3v) is 1.09. The van der Waals surface area contributed by atoms with Gasteiger partial charge in [0.15, 0.2) is 0 Å². The zero-order valence-electron chi connectivity index (χ0n) is 6.68. The normalized spacial score (nSPS) is 9.00. The van der Waals surface area contributed by atoms with Crippen LogP contribution in [0.5, 0.6) is 0 Å². The summed E-state index contributed by atoms with van der Waals surface area (Å²) in [6, 6.07) is 0. The van der Waals surface area contributed by atoms with Gasteiger partial charge in [0, 0.05) is 19.9 Å². The largest absolute Gasteiger partial charge is 0.356 e. The van der Waals surface area contributed by atoms with Crippen molar-refractivity contribution >= 4 is 12.6 Å². The van der Waals surface area contributed by atoms with Gasteiger partial charge in [0.1, 0.15) is 20.3 Å². The van der Waals surface area contributed by atoms with Gasteiger partial charge in [-0.3, -0.25) is 4.79 Å². The fourth-order valence-corrected chi connectivity index (χ4v) is 0.613. The highest BCUT2D eigenvalue weighted by Crippen LogP contribution is 1.75. The molecule has 0 aromatic rings. The molecule has 58 valence electrons. The molecule has 0 spiro atoms. The fraction of sp³-hybridized carbons (Fsp3) is 0.714. The molecule has 1 amide bonds. The lowest BCUT2D eigenvalue weighted by molar-refractivity contribution is -0.488. The molecule has 0 aliphatic rings. The molecule has 0 aromatic carbocycles. The molecule has 0 aliphatic carbocycles. The summed E-state index contributed by atoms with van der Waals surface area (Å²) in [7, 11) is 1.91. The molecule has 1 N–H and O–H groups in total. The average molecular weight is 143 g/mol. The maximum atomic E-state index is 10.3. The van der Waals surface area contributed by atoms with E-state index >= 15 is 0 Å². The minimum absolute atomic E-state index is 0.0340. The summed E-state index contributed by atoms with van der Waals surface area (Å²) in [5.74, 6) is 0.0340. The van der Waals surface area contributed by atoms with Crippen molar-refractivity contribution in [2.45, 2.75) is 13.3 Å². The Morgan fingerprint density at radius 3 is 2.70 bits per heavy atom. The Labute approximate surface area is 61.7 Å². The summed E-state index contributed by atoms with van der Waals surface area (Å²) in [6.07, 6.45) is 0.958. The Bertz CT molecular complexity index is 116. The lowest BCUT2D eigenvalue weighted by atomic mass is 10.4. The molecule has 0 radical (unpaired) electrons. The monoisotopic (exact) mass is 143 g/mol. The molecule has 3 nitrogen and oxygen atoms in total. The molecule has 0 unspecified atom stereocenters. The van der Waals surface area contributed by atoms with E-state index in [0.717, 1.165) is 19.5 Å². The Hall–Kier alpha value is -0.860. The number of hydrogen-bond acceptors (Lipinski definition) is 1. The smallest absolute Gasteiger partial charge is 0.216 e. The van der Waals surface area contributed by atoms with Gasteiger partial charge in [-0.1, -0.05) is 0 Å². The van der Waals surface area contributed by atoms with Crippen molar-refractivity contribution in [2.24, 2.45) is 0 Å². The number of rotatable bonds is 4. The lowest BCUT2D eigenvalue weighted by Gasteiger charge is -1.97. The Morgan fingerprint density at radius 2 is 2.30 bits per heavy atom. The zero-order valence-corrected chi connectivity index (χ0v) is 6.68. The Kier molecular flexibility index (Phi) is 4.54. The van der Waals surface area contributed by atoms with Gasteiger partial charge in [0.2, 0.25) is 5.91 Å². The first-order valence-electron chi connectivity index (χ1n) is 3.39. The molecule has 3 heteroatoms. The van der Waals surface area contributed by atoms with Crippen LogP contribution in [0.15, 0.2) is 0 Å². The van der Waals surface area contributed by atoms with Gasteiger partial charge in [-0.15, -0.1) is 0 Å². The van der Waals surface area contributed by atoms with E-state index in [9.17, 15) is 4.79 Å². The van der Waals surface area contributed by atoms with Crippen molar-refractivity contribution < 1.29 is 9.37 Å². The summed E-state index contributed by atoms with van der Waals surface area (Å²) in [5.41, 5.74) is 0. The quantitative estimate of drug-likeness (QED) is 0.331. The number of nitrogens with one attached hydrogen (secondary N) is 1. The van der Waals surface area contributed by atoms with Crippen LogP contribution in [-0.2, 0) is 4.79 Å². The maximum absolute atomic E-state index is 10.3. The second kappa shape index (κ2) is 4.97. The van der Waals surface area contributed by atoms with Crippen LogP contribution in [-0.4, -0.2) is 37.3 Å². The molecule has 0 aromatic heterocycles. The second-order valence-electron chi connectivity index (χ2n) is 2.42. The van der Waals surface area contributed by atoms with Crippen molar-refractivity contribution in [3.05, 3.63) is 0 Å². The molecular formula is C7H15N2O+. The minimum atomic E-state index is 0.0340. The van der Waals surface area contributed by atoms with Crippen molar-refractivity contribution in [2.75, 3.05) is 20.1 Å². The van der Waals surface area contributed by atoms with E-state index in [-0.39, 0.29) is 5.91 Å². The van der Waals surface area contributed by atoms with Crippen molar-refractivity contribution in [3.63, 3.8) is 0 Å². The van der Waals surface area contributed by atoms with E-state index in [1.807, 2.05) is 11.6 Å². The summed E-state index contributed by atoms with van der Waals surface area (Å²) in [5, 5.41) is 2.71. The second-order valence-corrected chi connectivity index (χ2v) is 2.42. The summed E-state index contributed by atoms with van der Waals surface area (Å²) >= 11 is 0. The molecule has 0 rings (SSSR count). The van der Waals surface area contributed by atoms with E-state index in [1.54, 1.807) is 0 Å². The van der Waals surface area contributed by atoms with Crippen LogP contribution in [0.2, 0.25) is 0 Å². The average Bonchev–Trinajstić information content (AvgIpc) is 1.79. The number of hydrogen-bond donors (Lipinski definition) is 1. The first kappa shape index (κ1) is 9.14. The van der Waals surface area contributed by atoms with Gasteiger partial charge < -0.3 is 5.32 Å². The molecule has 0 heterocycles. The van der Waals surface area contributed by atoms with Crippen molar-refractivity contribution in [1.29, 1.82) is 0 Å². The summed E-state index contributed by atoms with van der Waals surface area (Å²) < 4.78 is 1.85. The van der Waals surface area contributed by atoms with Crippen LogP contribution in [0.4, 0.5) is 0 Å². The summed E-state index contributed by atoms with van der Waals surface area (Å²) in [6.45, 7) is 6.86. The third kappa shape index (κ3) is 7.14. The first-order chi connectivity index (χ1) is 4.63. The maximum Gasteiger partial charge on any atom is 0.216 e. The van der Waals surface area contributed by atoms with Gasteiger partial charge in [0.05, 0.1) is 0 Å². The van der Waals surface area contributed by atoms with Crippen LogP contribution in [0, 0.1) is 0 Å². The van der Waals surface area contributed by atoms with Crippen LogP contribution < -0.4 is 5.32 Å². The van der Waals surface area contributed by atoms with Gasteiger partial charge in [-0.25, -0.2) is 4.58 Å².